The van der Waals surface area contributed by atoms with Crippen molar-refractivity contribution in [3.8, 4) is 11.6 Å². The number of para-hydroxylation sites is 1. The van der Waals surface area contributed by atoms with Crippen LogP contribution in [0.2, 0.25) is 5.02 Å². The molecule has 3 rings (SSSR count). The van der Waals surface area contributed by atoms with Gasteiger partial charge in [0.25, 0.3) is 0 Å². The maximum Gasteiger partial charge on any atom is 0.302 e. The van der Waals surface area contributed by atoms with E-state index in [1.807, 2.05) is 38.1 Å². The molecule has 1 heterocycles. The number of carbonyl (C=O) groups excluding carboxylic acids is 1. The number of halogens is 1. The second kappa shape index (κ2) is 7.17. The zero-order valence-electron chi connectivity index (χ0n) is 14.7. The Labute approximate surface area is 155 Å². The summed E-state index contributed by atoms with van der Waals surface area (Å²) < 4.78 is 7.05. The molecule has 7 heteroatoms. The first kappa shape index (κ1) is 17.9. The molecule has 1 amide bonds. The van der Waals surface area contributed by atoms with Crippen molar-refractivity contribution in [2.45, 2.75) is 13.8 Å². The molecular weight excluding hydrogens is 354 g/mol. The van der Waals surface area contributed by atoms with E-state index in [1.165, 1.54) is 0 Å². The predicted molar refractivity (Wildman–Crippen MR) is 101 cm³/mol. The maximum atomic E-state index is 12.0. The average molecular weight is 372 g/mol. The smallest absolute Gasteiger partial charge is 0.302 e. The summed E-state index contributed by atoms with van der Waals surface area (Å²) in [6.07, 6.45) is 0. The Morgan fingerprint density at radius 1 is 1.23 bits per heavy atom. The molecule has 0 bridgehead atoms. The average Bonchev–Trinajstić information content (AvgIpc) is 2.87. The number of azo groups is 1. The largest absolute Gasteiger partial charge is 0.493 e. The van der Waals surface area contributed by atoms with E-state index in [-0.39, 0.29) is 18.2 Å². The van der Waals surface area contributed by atoms with Gasteiger partial charge in [0.05, 0.1) is 5.52 Å². The van der Waals surface area contributed by atoms with Crippen molar-refractivity contribution in [1.82, 2.24) is 4.57 Å². The highest BCUT2D eigenvalue weighted by molar-refractivity contribution is 6.32. The SMILES string of the molecule is Cc1cc(OCC(=O)N=Nc2c(O)n(C)c3ccccc23)cc(C)c1Cl. The molecule has 0 aliphatic carbocycles. The molecule has 0 radical (unpaired) electrons. The van der Waals surface area contributed by atoms with Crippen LogP contribution in [0, 0.1) is 13.8 Å². The Morgan fingerprint density at radius 2 is 1.88 bits per heavy atom. The van der Waals surface area contributed by atoms with Crippen molar-refractivity contribution in [2.24, 2.45) is 17.3 Å². The van der Waals surface area contributed by atoms with Gasteiger partial charge < -0.3 is 14.4 Å². The lowest BCUT2D eigenvalue weighted by atomic mass is 10.1. The van der Waals surface area contributed by atoms with Gasteiger partial charge in [-0.25, -0.2) is 0 Å². The number of ether oxygens (including phenoxy) is 1. The molecule has 0 aliphatic heterocycles. The maximum absolute atomic E-state index is 12.0. The number of carbonyl (C=O) groups is 1. The summed E-state index contributed by atoms with van der Waals surface area (Å²) in [5, 5.41) is 19.2. The Kier molecular flexibility index (Phi) is 4.95. The van der Waals surface area contributed by atoms with Crippen LogP contribution in [0.25, 0.3) is 10.9 Å². The van der Waals surface area contributed by atoms with Crippen LogP contribution in [0.5, 0.6) is 11.6 Å². The third-order valence-corrected chi connectivity index (χ3v) is 4.68. The molecule has 1 N–H and O–H groups in total. The second-order valence-corrected chi connectivity index (χ2v) is 6.38. The molecule has 3 aromatic rings. The molecule has 26 heavy (non-hydrogen) atoms. The molecule has 6 nitrogen and oxygen atoms in total. The normalized spacial score (nSPS) is 11.4. The highest BCUT2D eigenvalue weighted by Crippen LogP contribution is 2.37. The first-order valence-electron chi connectivity index (χ1n) is 7.99. The van der Waals surface area contributed by atoms with E-state index in [4.69, 9.17) is 16.3 Å². The number of aromatic hydroxyl groups is 1. The van der Waals surface area contributed by atoms with E-state index < -0.39 is 5.91 Å². The number of amides is 1. The van der Waals surface area contributed by atoms with Crippen molar-refractivity contribution in [3.63, 3.8) is 0 Å². The van der Waals surface area contributed by atoms with E-state index in [1.54, 1.807) is 23.7 Å². The van der Waals surface area contributed by atoms with Crippen LogP contribution in [-0.4, -0.2) is 22.2 Å². The van der Waals surface area contributed by atoms with Gasteiger partial charge in [-0.3, -0.25) is 4.79 Å². The van der Waals surface area contributed by atoms with Gasteiger partial charge in [-0.1, -0.05) is 29.8 Å². The second-order valence-electron chi connectivity index (χ2n) is 6.00. The molecule has 0 saturated heterocycles. The highest BCUT2D eigenvalue weighted by Gasteiger charge is 2.14. The van der Waals surface area contributed by atoms with Crippen LogP contribution in [-0.2, 0) is 11.8 Å². The van der Waals surface area contributed by atoms with Gasteiger partial charge in [0.1, 0.15) is 5.75 Å². The Morgan fingerprint density at radius 3 is 2.58 bits per heavy atom. The number of hydrogen-bond donors (Lipinski definition) is 1. The van der Waals surface area contributed by atoms with Crippen LogP contribution >= 0.6 is 11.6 Å². The van der Waals surface area contributed by atoms with Crippen LogP contribution < -0.4 is 4.74 Å². The third-order valence-electron chi connectivity index (χ3n) is 4.08. The number of benzene rings is 2. The Balaban J connectivity index is 1.74. The molecule has 1 aromatic heterocycles. The number of fused-ring (bicyclic) bond motifs is 1. The lowest BCUT2D eigenvalue weighted by Crippen LogP contribution is -2.08. The van der Waals surface area contributed by atoms with Crippen LogP contribution in [0.1, 0.15) is 11.1 Å². The number of aromatic nitrogens is 1. The van der Waals surface area contributed by atoms with Crippen molar-refractivity contribution in [1.29, 1.82) is 0 Å². The summed E-state index contributed by atoms with van der Waals surface area (Å²) in [5.74, 6) is -0.0591. The van der Waals surface area contributed by atoms with Gasteiger partial charge in [-0.2, -0.15) is 0 Å². The summed E-state index contributed by atoms with van der Waals surface area (Å²) >= 11 is 6.11. The monoisotopic (exact) mass is 371 g/mol. The minimum absolute atomic E-state index is 0.0485. The predicted octanol–water partition coefficient (Wildman–Crippen LogP) is 4.84. The minimum atomic E-state index is -0.553. The van der Waals surface area contributed by atoms with Crippen LogP contribution in [0.15, 0.2) is 46.6 Å². The number of rotatable bonds is 4. The number of aryl methyl sites for hydroxylation is 3. The third kappa shape index (κ3) is 3.41. The quantitative estimate of drug-likeness (QED) is 0.666. The molecule has 0 aliphatic rings. The van der Waals surface area contributed by atoms with Gasteiger partial charge in [0.15, 0.2) is 12.3 Å². The van der Waals surface area contributed by atoms with E-state index >= 15 is 0 Å². The summed E-state index contributed by atoms with van der Waals surface area (Å²) in [4.78, 5) is 12.0. The van der Waals surface area contributed by atoms with Crippen molar-refractivity contribution in [2.75, 3.05) is 6.61 Å². The summed E-state index contributed by atoms with van der Waals surface area (Å²) in [5.41, 5.74) is 2.80. The summed E-state index contributed by atoms with van der Waals surface area (Å²) in [7, 11) is 1.72. The van der Waals surface area contributed by atoms with Crippen LogP contribution in [0.3, 0.4) is 0 Å². The number of nitrogens with zero attached hydrogens (tertiary/aromatic N) is 3. The fraction of sp³-hybridized carbons (Fsp3) is 0.211. The molecule has 0 saturated carbocycles. The van der Waals surface area contributed by atoms with Crippen molar-refractivity contribution < 1.29 is 14.6 Å². The minimum Gasteiger partial charge on any atom is -0.493 e. The van der Waals surface area contributed by atoms with Gasteiger partial charge in [-0.15, -0.1) is 10.2 Å². The lowest BCUT2D eigenvalue weighted by Gasteiger charge is -2.08. The first-order valence-corrected chi connectivity index (χ1v) is 8.36. The van der Waals surface area contributed by atoms with Gasteiger partial charge in [0.2, 0.25) is 5.88 Å². The summed E-state index contributed by atoms with van der Waals surface area (Å²) in [6, 6.07) is 10.9. The van der Waals surface area contributed by atoms with Crippen LogP contribution in [0.4, 0.5) is 5.69 Å². The number of hydrogen-bond acceptors (Lipinski definition) is 4. The fourth-order valence-corrected chi connectivity index (χ4v) is 2.84. The zero-order valence-corrected chi connectivity index (χ0v) is 15.4. The van der Waals surface area contributed by atoms with E-state index in [0.29, 0.717) is 16.2 Å². The van der Waals surface area contributed by atoms with Gasteiger partial charge >= 0.3 is 5.91 Å². The molecule has 0 unspecified atom stereocenters. The fourth-order valence-electron chi connectivity index (χ4n) is 2.73. The highest BCUT2D eigenvalue weighted by atomic mass is 35.5. The molecule has 0 spiro atoms. The van der Waals surface area contributed by atoms with Gasteiger partial charge in [0, 0.05) is 17.5 Å². The Bertz CT molecular complexity index is 1000. The van der Waals surface area contributed by atoms with E-state index in [9.17, 15) is 9.90 Å². The first-order chi connectivity index (χ1) is 12.4. The van der Waals surface area contributed by atoms with Gasteiger partial charge in [-0.05, 0) is 43.2 Å². The molecule has 134 valence electrons. The molecule has 0 atom stereocenters. The van der Waals surface area contributed by atoms with Crippen molar-refractivity contribution >= 4 is 34.1 Å². The van der Waals surface area contributed by atoms with E-state index in [0.717, 1.165) is 16.6 Å². The Hall–Kier alpha value is -2.86. The van der Waals surface area contributed by atoms with E-state index in [2.05, 4.69) is 10.2 Å². The lowest BCUT2D eigenvalue weighted by molar-refractivity contribution is -0.120. The topological polar surface area (TPSA) is 76.2 Å². The summed E-state index contributed by atoms with van der Waals surface area (Å²) in [6.45, 7) is 3.48. The standard InChI is InChI=1S/C19H18ClN3O3/c1-11-8-13(9-12(2)17(11)20)26-10-16(24)21-22-18-14-6-4-5-7-15(14)23(3)19(18)25/h4-9,25H,10H2,1-3H3. The molecule has 0 fully saturated rings. The molecular formula is C19H18ClN3O3. The van der Waals surface area contributed by atoms with Crippen molar-refractivity contribution in [3.05, 3.63) is 52.5 Å². The molecule has 2 aromatic carbocycles. The zero-order chi connectivity index (χ0) is 18.8.